The summed E-state index contributed by atoms with van der Waals surface area (Å²) in [4.78, 5) is 15.8. The Bertz CT molecular complexity index is 871. The van der Waals surface area contributed by atoms with E-state index in [0.717, 1.165) is 55.4 Å². The van der Waals surface area contributed by atoms with Crippen LogP contribution in [0.25, 0.3) is 11.4 Å². The van der Waals surface area contributed by atoms with E-state index in [1.165, 1.54) is 0 Å². The van der Waals surface area contributed by atoms with Gasteiger partial charge in [-0.3, -0.25) is 4.68 Å². The second-order valence-electron chi connectivity index (χ2n) is 7.50. The van der Waals surface area contributed by atoms with Crippen LogP contribution in [0.15, 0.2) is 49.1 Å². The van der Waals surface area contributed by atoms with Crippen LogP contribution in [-0.2, 0) is 6.54 Å². The van der Waals surface area contributed by atoms with E-state index >= 15 is 0 Å². The molecule has 2 aromatic heterocycles. The molecule has 28 heavy (non-hydrogen) atoms. The van der Waals surface area contributed by atoms with Crippen molar-refractivity contribution in [2.45, 2.75) is 45.3 Å². The topological polar surface area (TPSA) is 71.8 Å². The van der Waals surface area contributed by atoms with E-state index in [1.54, 1.807) is 12.7 Å². The first-order valence-electron chi connectivity index (χ1n) is 9.92. The number of piperidine rings is 1. The van der Waals surface area contributed by atoms with Crippen molar-refractivity contribution >= 4 is 5.82 Å². The molecule has 0 bridgehead atoms. The number of nitrogens with zero attached hydrogens (tertiary/aromatic N) is 6. The summed E-state index contributed by atoms with van der Waals surface area (Å²) in [5.41, 5.74) is 2.07. The number of aromatic nitrogens is 5. The van der Waals surface area contributed by atoms with Crippen molar-refractivity contribution in [2.75, 3.05) is 18.0 Å². The molecule has 1 saturated heterocycles. The minimum absolute atomic E-state index is 0.365. The minimum Gasteiger partial charge on any atom is -0.356 e. The summed E-state index contributed by atoms with van der Waals surface area (Å²) in [6.45, 7) is 7.08. The first-order chi connectivity index (χ1) is 13.7. The van der Waals surface area contributed by atoms with Gasteiger partial charge in [-0.05, 0) is 26.7 Å². The van der Waals surface area contributed by atoms with E-state index in [0.29, 0.717) is 12.1 Å². The maximum absolute atomic E-state index is 4.84. The predicted molar refractivity (Wildman–Crippen MR) is 110 cm³/mol. The highest BCUT2D eigenvalue weighted by molar-refractivity contribution is 5.57. The Labute approximate surface area is 165 Å². The van der Waals surface area contributed by atoms with Gasteiger partial charge in [0.05, 0.1) is 6.54 Å². The fourth-order valence-corrected chi connectivity index (χ4v) is 3.77. The number of benzene rings is 1. The predicted octanol–water partition coefficient (Wildman–Crippen LogP) is 2.69. The zero-order chi connectivity index (χ0) is 19.3. The van der Waals surface area contributed by atoms with Crippen LogP contribution in [0.5, 0.6) is 0 Å². The van der Waals surface area contributed by atoms with Gasteiger partial charge in [0.2, 0.25) is 0 Å². The van der Waals surface area contributed by atoms with Crippen molar-refractivity contribution in [3.63, 3.8) is 0 Å². The van der Waals surface area contributed by atoms with Crippen LogP contribution in [0, 0.1) is 6.92 Å². The Hall–Kier alpha value is -2.80. The van der Waals surface area contributed by atoms with Crippen molar-refractivity contribution in [3.05, 3.63) is 54.7 Å². The molecule has 1 atom stereocenters. The van der Waals surface area contributed by atoms with Crippen LogP contribution in [0.1, 0.15) is 25.5 Å². The zero-order valence-electron chi connectivity index (χ0n) is 16.5. The van der Waals surface area contributed by atoms with Crippen molar-refractivity contribution in [2.24, 2.45) is 0 Å². The monoisotopic (exact) mass is 377 g/mol. The lowest BCUT2D eigenvalue weighted by molar-refractivity contribution is 0.347. The number of aryl methyl sites for hydroxylation is 1. The maximum atomic E-state index is 4.84. The summed E-state index contributed by atoms with van der Waals surface area (Å²) in [5.74, 6) is 1.83. The summed E-state index contributed by atoms with van der Waals surface area (Å²) in [7, 11) is 0. The van der Waals surface area contributed by atoms with Crippen LogP contribution in [-0.4, -0.2) is 49.9 Å². The second-order valence-corrected chi connectivity index (χ2v) is 7.50. The molecule has 1 unspecified atom stereocenters. The lowest BCUT2D eigenvalue weighted by Gasteiger charge is -2.34. The van der Waals surface area contributed by atoms with Crippen LogP contribution in [0.2, 0.25) is 0 Å². The van der Waals surface area contributed by atoms with E-state index in [4.69, 9.17) is 4.98 Å². The molecule has 3 heterocycles. The Morgan fingerprint density at radius 1 is 1.14 bits per heavy atom. The SMILES string of the molecule is Cc1cc(N2CCC(NC(C)Cn3cncn3)CC2)nc(-c2ccccc2)n1. The van der Waals surface area contributed by atoms with Gasteiger partial charge in [-0.2, -0.15) is 5.10 Å². The lowest BCUT2D eigenvalue weighted by atomic mass is 10.0. The summed E-state index contributed by atoms with van der Waals surface area (Å²) < 4.78 is 1.88. The Balaban J connectivity index is 1.36. The fourth-order valence-electron chi connectivity index (χ4n) is 3.77. The maximum Gasteiger partial charge on any atom is 0.161 e. The van der Waals surface area contributed by atoms with Gasteiger partial charge in [0.15, 0.2) is 5.82 Å². The molecule has 0 saturated carbocycles. The normalized spacial score (nSPS) is 16.3. The van der Waals surface area contributed by atoms with Gasteiger partial charge in [-0.1, -0.05) is 30.3 Å². The quantitative estimate of drug-likeness (QED) is 0.712. The van der Waals surface area contributed by atoms with Gasteiger partial charge < -0.3 is 10.2 Å². The zero-order valence-corrected chi connectivity index (χ0v) is 16.5. The lowest BCUT2D eigenvalue weighted by Crippen LogP contribution is -2.46. The highest BCUT2D eigenvalue weighted by atomic mass is 15.3. The number of hydrogen-bond acceptors (Lipinski definition) is 6. The molecule has 4 rings (SSSR count). The first kappa shape index (κ1) is 18.6. The largest absolute Gasteiger partial charge is 0.356 e. The summed E-state index contributed by atoms with van der Waals surface area (Å²) in [5, 5.41) is 7.92. The number of hydrogen-bond donors (Lipinski definition) is 1. The molecule has 7 heteroatoms. The standard InChI is InChI=1S/C21H27N7/c1-16-12-20(26-21(25-16)18-6-4-3-5-7-18)27-10-8-19(9-11-27)24-17(2)13-28-15-22-14-23-28/h3-7,12,14-15,17,19,24H,8-11,13H2,1-2H3. The molecule has 0 spiro atoms. The molecule has 1 N–H and O–H groups in total. The van der Waals surface area contributed by atoms with Gasteiger partial charge in [-0.15, -0.1) is 0 Å². The Morgan fingerprint density at radius 2 is 1.93 bits per heavy atom. The average molecular weight is 377 g/mol. The summed E-state index contributed by atoms with van der Waals surface area (Å²) in [6, 6.07) is 13.2. The fraction of sp³-hybridized carbons (Fsp3) is 0.429. The highest BCUT2D eigenvalue weighted by Crippen LogP contribution is 2.23. The smallest absolute Gasteiger partial charge is 0.161 e. The molecule has 1 aliphatic rings. The van der Waals surface area contributed by atoms with Crippen LogP contribution >= 0.6 is 0 Å². The van der Waals surface area contributed by atoms with E-state index in [9.17, 15) is 0 Å². The molecule has 0 aliphatic carbocycles. The summed E-state index contributed by atoms with van der Waals surface area (Å²) in [6.07, 6.45) is 5.55. The summed E-state index contributed by atoms with van der Waals surface area (Å²) >= 11 is 0. The van der Waals surface area contributed by atoms with E-state index < -0.39 is 0 Å². The van der Waals surface area contributed by atoms with Crippen molar-refractivity contribution < 1.29 is 0 Å². The Kier molecular flexibility index (Phi) is 5.62. The third kappa shape index (κ3) is 4.54. The number of nitrogens with one attached hydrogen (secondary N) is 1. The first-order valence-corrected chi connectivity index (χ1v) is 9.92. The minimum atomic E-state index is 0.365. The highest BCUT2D eigenvalue weighted by Gasteiger charge is 2.22. The third-order valence-electron chi connectivity index (χ3n) is 5.14. The number of rotatable bonds is 6. The molecule has 0 radical (unpaired) electrons. The second kappa shape index (κ2) is 8.48. The van der Waals surface area contributed by atoms with Gasteiger partial charge in [0.1, 0.15) is 18.5 Å². The van der Waals surface area contributed by atoms with Gasteiger partial charge in [0, 0.05) is 42.5 Å². The van der Waals surface area contributed by atoms with Crippen molar-refractivity contribution in [1.29, 1.82) is 0 Å². The van der Waals surface area contributed by atoms with Gasteiger partial charge >= 0.3 is 0 Å². The molecule has 146 valence electrons. The number of anilines is 1. The van der Waals surface area contributed by atoms with Crippen molar-refractivity contribution in [1.82, 2.24) is 30.0 Å². The molecule has 3 aromatic rings. The van der Waals surface area contributed by atoms with Gasteiger partial charge in [-0.25, -0.2) is 15.0 Å². The molecule has 7 nitrogen and oxygen atoms in total. The van der Waals surface area contributed by atoms with Crippen LogP contribution in [0.3, 0.4) is 0 Å². The molecule has 1 aromatic carbocycles. The molecule has 1 aliphatic heterocycles. The Morgan fingerprint density at radius 3 is 2.64 bits per heavy atom. The molecule has 0 amide bonds. The van der Waals surface area contributed by atoms with Crippen LogP contribution < -0.4 is 10.2 Å². The molecular weight excluding hydrogens is 350 g/mol. The van der Waals surface area contributed by atoms with E-state index in [1.807, 2.05) is 29.8 Å². The van der Waals surface area contributed by atoms with Gasteiger partial charge in [0.25, 0.3) is 0 Å². The average Bonchev–Trinajstić information content (AvgIpc) is 3.21. The van der Waals surface area contributed by atoms with Crippen LogP contribution in [0.4, 0.5) is 5.82 Å². The van der Waals surface area contributed by atoms with E-state index in [2.05, 4.69) is 50.4 Å². The van der Waals surface area contributed by atoms with Crippen molar-refractivity contribution in [3.8, 4) is 11.4 Å². The third-order valence-corrected chi connectivity index (χ3v) is 5.14. The van der Waals surface area contributed by atoms with E-state index in [-0.39, 0.29) is 0 Å². The molecular formula is C21H27N7. The molecule has 1 fully saturated rings.